The Kier molecular flexibility index (Phi) is 5.12. The van der Waals surface area contributed by atoms with Gasteiger partial charge in [0.2, 0.25) is 0 Å². The predicted octanol–water partition coefficient (Wildman–Crippen LogP) is 3.97. The molecular formula is C16H24ClN3O. The number of rotatable bonds is 6. The first kappa shape index (κ1) is 16.1. The van der Waals surface area contributed by atoms with Crippen LogP contribution in [0.25, 0.3) is 0 Å². The summed E-state index contributed by atoms with van der Waals surface area (Å²) < 4.78 is 7.67. The molecule has 4 nitrogen and oxygen atoms in total. The molecule has 2 aromatic heterocycles. The molecule has 1 unspecified atom stereocenters. The van der Waals surface area contributed by atoms with Gasteiger partial charge >= 0.3 is 0 Å². The van der Waals surface area contributed by atoms with Crippen LogP contribution in [-0.4, -0.2) is 16.3 Å². The van der Waals surface area contributed by atoms with Crippen LogP contribution in [-0.2, 0) is 13.0 Å². The lowest BCUT2D eigenvalue weighted by atomic mass is 10.0. The second kappa shape index (κ2) is 6.67. The summed E-state index contributed by atoms with van der Waals surface area (Å²) in [4.78, 5) is 0. The van der Waals surface area contributed by atoms with Crippen molar-refractivity contribution in [3.8, 4) is 0 Å². The van der Waals surface area contributed by atoms with Gasteiger partial charge in [-0.25, -0.2) is 0 Å². The van der Waals surface area contributed by atoms with Gasteiger partial charge in [0.25, 0.3) is 0 Å². The van der Waals surface area contributed by atoms with Crippen molar-refractivity contribution in [1.82, 2.24) is 15.1 Å². The van der Waals surface area contributed by atoms with E-state index in [0.29, 0.717) is 0 Å². The molecule has 0 amide bonds. The van der Waals surface area contributed by atoms with Crippen LogP contribution in [0, 0.1) is 20.8 Å². The van der Waals surface area contributed by atoms with Gasteiger partial charge in [-0.15, -0.1) is 0 Å². The number of halogens is 1. The smallest absolute Gasteiger partial charge is 0.105 e. The molecule has 1 atom stereocenters. The zero-order valence-corrected chi connectivity index (χ0v) is 14.2. The number of aromatic nitrogens is 2. The number of hydrogen-bond donors (Lipinski definition) is 1. The summed E-state index contributed by atoms with van der Waals surface area (Å²) >= 11 is 6.43. The van der Waals surface area contributed by atoms with E-state index < -0.39 is 0 Å². The second-order valence-corrected chi connectivity index (χ2v) is 5.72. The Bertz CT molecular complexity index is 615. The quantitative estimate of drug-likeness (QED) is 0.878. The maximum absolute atomic E-state index is 6.43. The monoisotopic (exact) mass is 309 g/mol. The third-order valence-corrected chi connectivity index (χ3v) is 4.25. The van der Waals surface area contributed by atoms with Crippen molar-refractivity contribution in [1.29, 1.82) is 0 Å². The molecule has 0 aliphatic carbocycles. The van der Waals surface area contributed by atoms with Gasteiger partial charge in [-0.2, -0.15) is 5.10 Å². The average Bonchev–Trinajstić information content (AvgIpc) is 2.91. The zero-order chi connectivity index (χ0) is 15.6. The average molecular weight is 310 g/mol. The van der Waals surface area contributed by atoms with Gasteiger partial charge < -0.3 is 9.73 Å². The van der Waals surface area contributed by atoms with Crippen molar-refractivity contribution in [2.24, 2.45) is 0 Å². The largest absolute Gasteiger partial charge is 0.466 e. The molecule has 2 heterocycles. The van der Waals surface area contributed by atoms with Crippen LogP contribution in [0.1, 0.15) is 48.4 Å². The molecule has 0 aliphatic heterocycles. The van der Waals surface area contributed by atoms with Crippen molar-refractivity contribution < 1.29 is 4.42 Å². The topological polar surface area (TPSA) is 43.0 Å². The number of aryl methyl sites for hydroxylation is 4. The summed E-state index contributed by atoms with van der Waals surface area (Å²) in [7, 11) is 0. The highest BCUT2D eigenvalue weighted by Crippen LogP contribution is 2.29. The second-order valence-electron chi connectivity index (χ2n) is 5.34. The van der Waals surface area contributed by atoms with Crippen molar-refractivity contribution in [3.63, 3.8) is 0 Å². The van der Waals surface area contributed by atoms with Crippen molar-refractivity contribution in [2.75, 3.05) is 6.54 Å². The fraction of sp³-hybridized carbons (Fsp3) is 0.562. The summed E-state index contributed by atoms with van der Waals surface area (Å²) in [6.07, 6.45) is 0.807. The molecule has 116 valence electrons. The van der Waals surface area contributed by atoms with Crippen LogP contribution in [0.15, 0.2) is 10.5 Å². The van der Waals surface area contributed by atoms with E-state index in [-0.39, 0.29) is 6.04 Å². The number of furan rings is 1. The Morgan fingerprint density at radius 1 is 1.33 bits per heavy atom. The van der Waals surface area contributed by atoms with E-state index in [0.717, 1.165) is 47.4 Å². The maximum Gasteiger partial charge on any atom is 0.105 e. The molecule has 21 heavy (non-hydrogen) atoms. The van der Waals surface area contributed by atoms with Crippen molar-refractivity contribution in [2.45, 2.75) is 53.6 Å². The Morgan fingerprint density at radius 3 is 2.57 bits per heavy atom. The normalized spacial score (nSPS) is 12.9. The Morgan fingerprint density at radius 2 is 2.05 bits per heavy atom. The van der Waals surface area contributed by atoms with Crippen molar-refractivity contribution >= 4 is 11.6 Å². The summed E-state index contributed by atoms with van der Waals surface area (Å²) in [5.74, 6) is 1.91. The molecule has 1 N–H and O–H groups in total. The lowest BCUT2D eigenvalue weighted by Gasteiger charge is -2.18. The summed E-state index contributed by atoms with van der Waals surface area (Å²) in [6.45, 7) is 11.9. The number of nitrogens with zero attached hydrogens (tertiary/aromatic N) is 2. The molecule has 0 saturated carbocycles. The number of hydrogen-bond acceptors (Lipinski definition) is 3. The lowest BCUT2D eigenvalue weighted by molar-refractivity contribution is 0.477. The molecule has 2 aromatic rings. The first-order valence-electron chi connectivity index (χ1n) is 7.49. The molecule has 0 spiro atoms. The minimum absolute atomic E-state index is 0.186. The van der Waals surface area contributed by atoms with Gasteiger partial charge in [0.1, 0.15) is 11.5 Å². The van der Waals surface area contributed by atoms with E-state index in [4.69, 9.17) is 16.0 Å². The first-order chi connectivity index (χ1) is 9.97. The van der Waals surface area contributed by atoms with E-state index in [1.54, 1.807) is 0 Å². The summed E-state index contributed by atoms with van der Waals surface area (Å²) in [5, 5.41) is 8.80. The standard InChI is InChI=1S/C16H24ClN3O/c1-6-18-14(13-8-10(3)21-12(13)5)9-15-16(17)11(4)19-20(15)7-2/h8,14,18H,6-7,9H2,1-5H3. The van der Waals surface area contributed by atoms with Crippen molar-refractivity contribution in [3.05, 3.63) is 39.6 Å². The Labute approximate surface area is 131 Å². The van der Waals surface area contributed by atoms with E-state index in [1.807, 2.05) is 25.5 Å². The highest BCUT2D eigenvalue weighted by atomic mass is 35.5. The lowest BCUT2D eigenvalue weighted by Crippen LogP contribution is -2.24. The van der Waals surface area contributed by atoms with Gasteiger partial charge in [0, 0.05) is 24.6 Å². The first-order valence-corrected chi connectivity index (χ1v) is 7.87. The predicted molar refractivity (Wildman–Crippen MR) is 86.0 cm³/mol. The van der Waals surface area contributed by atoms with E-state index >= 15 is 0 Å². The fourth-order valence-corrected chi connectivity index (χ4v) is 3.00. The van der Waals surface area contributed by atoms with Gasteiger partial charge in [-0.3, -0.25) is 4.68 Å². The van der Waals surface area contributed by atoms with Crippen LogP contribution in [0.3, 0.4) is 0 Å². The molecule has 2 rings (SSSR count). The Balaban J connectivity index is 2.35. The summed E-state index contributed by atoms with van der Waals surface area (Å²) in [5.41, 5.74) is 3.18. The fourth-order valence-electron chi connectivity index (χ4n) is 2.79. The molecule has 0 fully saturated rings. The van der Waals surface area contributed by atoms with Crippen LogP contribution >= 0.6 is 11.6 Å². The summed E-state index contributed by atoms with van der Waals surface area (Å²) in [6, 6.07) is 2.29. The Hall–Kier alpha value is -1.26. The third-order valence-electron chi connectivity index (χ3n) is 3.76. The van der Waals surface area contributed by atoms with Crippen LogP contribution in [0.5, 0.6) is 0 Å². The van der Waals surface area contributed by atoms with Crippen LogP contribution < -0.4 is 5.32 Å². The van der Waals surface area contributed by atoms with Gasteiger partial charge in [-0.1, -0.05) is 18.5 Å². The molecular weight excluding hydrogens is 286 g/mol. The molecule has 0 bridgehead atoms. The van der Waals surface area contributed by atoms with Crippen LogP contribution in [0.2, 0.25) is 5.02 Å². The SMILES string of the molecule is CCNC(Cc1c(Cl)c(C)nn1CC)c1cc(C)oc1C. The van der Waals surface area contributed by atoms with Gasteiger partial charge in [0.15, 0.2) is 0 Å². The minimum atomic E-state index is 0.186. The molecule has 5 heteroatoms. The minimum Gasteiger partial charge on any atom is -0.466 e. The zero-order valence-electron chi connectivity index (χ0n) is 13.5. The highest BCUT2D eigenvalue weighted by molar-refractivity contribution is 6.31. The molecule has 0 radical (unpaired) electrons. The highest BCUT2D eigenvalue weighted by Gasteiger charge is 2.21. The third kappa shape index (κ3) is 3.33. The molecule has 0 saturated heterocycles. The van der Waals surface area contributed by atoms with Gasteiger partial charge in [0.05, 0.1) is 16.4 Å². The molecule has 0 aromatic carbocycles. The maximum atomic E-state index is 6.43. The number of nitrogens with one attached hydrogen (secondary N) is 1. The van der Waals surface area contributed by atoms with Gasteiger partial charge in [-0.05, 0) is 40.3 Å². The van der Waals surface area contributed by atoms with E-state index in [1.165, 1.54) is 5.56 Å². The van der Waals surface area contributed by atoms with E-state index in [9.17, 15) is 0 Å². The molecule has 0 aliphatic rings. The van der Waals surface area contributed by atoms with E-state index in [2.05, 4.69) is 30.3 Å². The number of likely N-dealkylation sites (N-methyl/N-ethyl adjacent to an activating group) is 1. The van der Waals surface area contributed by atoms with Crippen LogP contribution in [0.4, 0.5) is 0 Å².